The van der Waals surface area contributed by atoms with Crippen LogP contribution in [-0.4, -0.2) is 24.8 Å². The van der Waals surface area contributed by atoms with Crippen LogP contribution in [0.15, 0.2) is 53.9 Å². The molecule has 1 heterocycles. The summed E-state index contributed by atoms with van der Waals surface area (Å²) in [4.78, 5) is 4.55. The molecule has 1 atom stereocenters. The average Bonchev–Trinajstić information content (AvgIpc) is 3.04. The fourth-order valence-corrected chi connectivity index (χ4v) is 4.60. The van der Waals surface area contributed by atoms with Crippen molar-refractivity contribution in [2.45, 2.75) is 13.0 Å². The molecular formula is C18H17ClN2O2S2. The summed E-state index contributed by atoms with van der Waals surface area (Å²) in [6.45, 7) is 1.84. The van der Waals surface area contributed by atoms with Crippen molar-refractivity contribution in [2.24, 2.45) is 0 Å². The van der Waals surface area contributed by atoms with Crippen LogP contribution in [0.3, 0.4) is 0 Å². The molecule has 0 radical (unpaired) electrons. The summed E-state index contributed by atoms with van der Waals surface area (Å²) in [5, 5.41) is 2.59. The molecule has 0 N–H and O–H groups in total. The summed E-state index contributed by atoms with van der Waals surface area (Å²) in [6, 6.07) is 14.4. The van der Waals surface area contributed by atoms with Gasteiger partial charge in [-0.25, -0.2) is 13.4 Å². The van der Waals surface area contributed by atoms with E-state index in [9.17, 15) is 8.42 Å². The van der Waals surface area contributed by atoms with Crippen molar-refractivity contribution in [2.75, 3.05) is 7.05 Å². The molecule has 0 aliphatic heterocycles. The standard InChI is InChI=1S/C18H17ClN2O2S2/c1-13(18-20-16-5-3-4-6-17(16)24-18)21(2)25(22,23)12-11-14-7-9-15(19)10-8-14/h3-13H,1-2H3/b12-11+/t13-/m1/s1. The molecule has 3 rings (SSSR count). The summed E-state index contributed by atoms with van der Waals surface area (Å²) in [6.07, 6.45) is 1.56. The zero-order chi connectivity index (χ0) is 18.0. The minimum atomic E-state index is -3.57. The molecule has 0 unspecified atom stereocenters. The maximum atomic E-state index is 12.6. The molecule has 0 spiro atoms. The average molecular weight is 393 g/mol. The number of halogens is 1. The van der Waals surface area contributed by atoms with Gasteiger partial charge in [-0.05, 0) is 42.8 Å². The van der Waals surface area contributed by atoms with Crippen LogP contribution in [0.1, 0.15) is 23.5 Å². The number of fused-ring (bicyclic) bond motifs is 1. The maximum Gasteiger partial charge on any atom is 0.236 e. The summed E-state index contributed by atoms with van der Waals surface area (Å²) in [5.41, 5.74) is 1.66. The largest absolute Gasteiger partial charge is 0.239 e. The highest BCUT2D eigenvalue weighted by molar-refractivity contribution is 7.92. The Hall–Kier alpha value is -1.73. The van der Waals surface area contributed by atoms with Gasteiger partial charge in [0.1, 0.15) is 5.01 Å². The minimum Gasteiger partial charge on any atom is -0.239 e. The number of sulfonamides is 1. The molecule has 25 heavy (non-hydrogen) atoms. The fraction of sp³-hybridized carbons (Fsp3) is 0.167. The van der Waals surface area contributed by atoms with Gasteiger partial charge in [0.05, 0.1) is 16.3 Å². The molecule has 0 fully saturated rings. The van der Waals surface area contributed by atoms with Crippen molar-refractivity contribution in [1.82, 2.24) is 9.29 Å². The molecule has 130 valence electrons. The quantitative estimate of drug-likeness (QED) is 0.617. The molecule has 0 aliphatic rings. The number of hydrogen-bond donors (Lipinski definition) is 0. The first-order valence-electron chi connectivity index (χ1n) is 7.64. The first-order chi connectivity index (χ1) is 11.9. The number of thiazole rings is 1. The number of hydrogen-bond acceptors (Lipinski definition) is 4. The van der Waals surface area contributed by atoms with E-state index in [1.807, 2.05) is 31.2 Å². The number of para-hydroxylation sites is 1. The normalized spacial score (nSPS) is 13.8. The summed E-state index contributed by atoms with van der Waals surface area (Å²) in [7, 11) is -2.00. The van der Waals surface area contributed by atoms with Crippen LogP contribution in [0.2, 0.25) is 5.02 Å². The van der Waals surface area contributed by atoms with Crippen LogP contribution in [0.25, 0.3) is 16.3 Å². The third-order valence-electron chi connectivity index (χ3n) is 3.92. The van der Waals surface area contributed by atoms with Crippen LogP contribution < -0.4 is 0 Å². The van der Waals surface area contributed by atoms with Gasteiger partial charge >= 0.3 is 0 Å². The lowest BCUT2D eigenvalue weighted by Gasteiger charge is -2.20. The lowest BCUT2D eigenvalue weighted by atomic mass is 10.2. The minimum absolute atomic E-state index is 0.350. The van der Waals surface area contributed by atoms with Gasteiger partial charge in [-0.15, -0.1) is 11.3 Å². The molecule has 0 saturated carbocycles. The van der Waals surface area contributed by atoms with Crippen molar-refractivity contribution in [1.29, 1.82) is 0 Å². The van der Waals surface area contributed by atoms with Gasteiger partial charge < -0.3 is 0 Å². The van der Waals surface area contributed by atoms with Crippen molar-refractivity contribution in [3.05, 3.63) is 69.5 Å². The van der Waals surface area contributed by atoms with Crippen LogP contribution in [-0.2, 0) is 10.0 Å². The predicted molar refractivity (Wildman–Crippen MR) is 105 cm³/mol. The van der Waals surface area contributed by atoms with Gasteiger partial charge in [0, 0.05) is 17.5 Å². The van der Waals surface area contributed by atoms with Gasteiger partial charge in [-0.3, -0.25) is 0 Å². The van der Waals surface area contributed by atoms with Crippen LogP contribution in [0.4, 0.5) is 0 Å². The van der Waals surface area contributed by atoms with E-state index in [1.54, 1.807) is 37.4 Å². The molecule has 2 aromatic carbocycles. The number of benzene rings is 2. The van der Waals surface area contributed by atoms with Crippen molar-refractivity contribution >= 4 is 49.3 Å². The van der Waals surface area contributed by atoms with E-state index in [-0.39, 0.29) is 6.04 Å². The molecule has 1 aromatic heterocycles. The Labute approximate surface area is 156 Å². The topological polar surface area (TPSA) is 50.3 Å². The number of nitrogens with zero attached hydrogens (tertiary/aromatic N) is 2. The molecule has 4 nitrogen and oxygen atoms in total. The van der Waals surface area contributed by atoms with E-state index < -0.39 is 10.0 Å². The maximum absolute atomic E-state index is 12.6. The second-order valence-corrected chi connectivity index (χ2v) is 8.99. The highest BCUT2D eigenvalue weighted by Crippen LogP contribution is 2.30. The summed E-state index contributed by atoms with van der Waals surface area (Å²) >= 11 is 7.35. The van der Waals surface area contributed by atoms with Gasteiger partial charge in [0.15, 0.2) is 0 Å². The van der Waals surface area contributed by atoms with Crippen LogP contribution in [0, 0.1) is 0 Å². The SMILES string of the molecule is C[C@H](c1nc2ccccc2s1)N(C)S(=O)(=O)/C=C/c1ccc(Cl)cc1. The summed E-state index contributed by atoms with van der Waals surface area (Å²) in [5.74, 6) is 0. The van der Waals surface area contributed by atoms with Gasteiger partial charge in [0.25, 0.3) is 0 Å². The second-order valence-electron chi connectivity index (χ2n) is 5.61. The molecular weight excluding hydrogens is 376 g/mol. The second kappa shape index (κ2) is 7.25. The molecule has 0 aliphatic carbocycles. The Morgan fingerprint density at radius 1 is 1.16 bits per heavy atom. The monoisotopic (exact) mass is 392 g/mol. The van der Waals surface area contributed by atoms with Crippen molar-refractivity contribution in [3.63, 3.8) is 0 Å². The molecule has 0 bridgehead atoms. The zero-order valence-electron chi connectivity index (χ0n) is 13.8. The van der Waals surface area contributed by atoms with Crippen LogP contribution in [0.5, 0.6) is 0 Å². The van der Waals surface area contributed by atoms with Crippen LogP contribution >= 0.6 is 22.9 Å². The Morgan fingerprint density at radius 3 is 2.52 bits per heavy atom. The highest BCUT2D eigenvalue weighted by Gasteiger charge is 2.24. The lowest BCUT2D eigenvalue weighted by Crippen LogP contribution is -2.27. The molecule has 0 saturated heterocycles. The Bertz CT molecular complexity index is 978. The van der Waals surface area contributed by atoms with Gasteiger partial charge in [-0.1, -0.05) is 35.9 Å². The molecule has 7 heteroatoms. The summed E-state index contributed by atoms with van der Waals surface area (Å²) < 4.78 is 27.6. The Kier molecular flexibility index (Phi) is 5.24. The number of rotatable bonds is 5. The van der Waals surface area contributed by atoms with Crippen molar-refractivity contribution in [3.8, 4) is 0 Å². The third-order valence-corrected chi connectivity index (χ3v) is 6.97. The highest BCUT2D eigenvalue weighted by atomic mass is 35.5. The Balaban J connectivity index is 1.82. The van der Waals surface area contributed by atoms with E-state index in [4.69, 9.17) is 11.6 Å². The van der Waals surface area contributed by atoms with E-state index in [0.717, 1.165) is 20.8 Å². The first-order valence-corrected chi connectivity index (χ1v) is 10.3. The molecule has 0 amide bonds. The Morgan fingerprint density at radius 2 is 1.84 bits per heavy atom. The zero-order valence-corrected chi connectivity index (χ0v) is 16.1. The third kappa shape index (κ3) is 4.10. The van der Waals surface area contributed by atoms with E-state index in [1.165, 1.54) is 21.1 Å². The van der Waals surface area contributed by atoms with Gasteiger partial charge in [0.2, 0.25) is 10.0 Å². The van der Waals surface area contributed by atoms with E-state index >= 15 is 0 Å². The first kappa shape index (κ1) is 18.1. The van der Waals surface area contributed by atoms with Crippen molar-refractivity contribution < 1.29 is 8.42 Å². The van der Waals surface area contributed by atoms with Gasteiger partial charge in [-0.2, -0.15) is 4.31 Å². The van der Waals surface area contributed by atoms with E-state index in [2.05, 4.69) is 4.98 Å². The predicted octanol–water partition coefficient (Wildman–Crippen LogP) is 4.94. The fourth-order valence-electron chi connectivity index (χ4n) is 2.28. The number of aromatic nitrogens is 1. The smallest absolute Gasteiger partial charge is 0.236 e. The lowest BCUT2D eigenvalue weighted by molar-refractivity contribution is 0.403. The molecule has 3 aromatic rings. The van der Waals surface area contributed by atoms with E-state index in [0.29, 0.717) is 5.02 Å².